The van der Waals surface area contributed by atoms with Crippen molar-refractivity contribution in [3.8, 4) is 5.75 Å². The van der Waals surface area contributed by atoms with E-state index < -0.39 is 0 Å². The van der Waals surface area contributed by atoms with Crippen molar-refractivity contribution in [2.24, 2.45) is 0 Å². The summed E-state index contributed by atoms with van der Waals surface area (Å²) in [5.74, 6) is 0.404. The fourth-order valence-electron chi connectivity index (χ4n) is 3.43. The van der Waals surface area contributed by atoms with E-state index in [-0.39, 0.29) is 17.7 Å². The normalized spacial score (nSPS) is 15.0. The zero-order valence-electron chi connectivity index (χ0n) is 17.5. The Morgan fingerprint density at radius 3 is 2.52 bits per heavy atom. The summed E-state index contributed by atoms with van der Waals surface area (Å²) in [5, 5.41) is -0.252. The second kappa shape index (κ2) is 9.23. The standard InChI is InChI=1S/C26H23NO3S/c1-18-8-7-10-20(14-18)17-30-23-13-6-5-11-21(23)15-24-25(28)27(26(29)31-24)16-22-12-4-3-9-19(22)2/h3-15H,16-17H2,1-2H3/b24-15-. The van der Waals surface area contributed by atoms with E-state index in [4.69, 9.17) is 4.74 Å². The largest absolute Gasteiger partial charge is 0.488 e. The summed E-state index contributed by atoms with van der Waals surface area (Å²) in [5.41, 5.74) is 5.05. The van der Waals surface area contributed by atoms with Crippen LogP contribution in [0.2, 0.25) is 0 Å². The Hall–Kier alpha value is -3.31. The Morgan fingerprint density at radius 1 is 0.935 bits per heavy atom. The number of carbonyl (C=O) groups is 2. The molecule has 1 saturated heterocycles. The van der Waals surface area contributed by atoms with Crippen molar-refractivity contribution < 1.29 is 14.3 Å². The van der Waals surface area contributed by atoms with E-state index in [1.807, 2.05) is 80.6 Å². The number of ether oxygens (including phenoxy) is 1. The predicted octanol–water partition coefficient (Wildman–Crippen LogP) is 6.12. The van der Waals surface area contributed by atoms with Gasteiger partial charge in [-0.25, -0.2) is 0 Å². The number of benzene rings is 3. The second-order valence-electron chi connectivity index (χ2n) is 7.51. The monoisotopic (exact) mass is 429 g/mol. The highest BCUT2D eigenvalue weighted by molar-refractivity contribution is 8.18. The lowest BCUT2D eigenvalue weighted by atomic mass is 10.1. The van der Waals surface area contributed by atoms with E-state index in [1.54, 1.807) is 6.08 Å². The van der Waals surface area contributed by atoms with Crippen molar-refractivity contribution in [2.45, 2.75) is 27.0 Å². The molecule has 156 valence electrons. The smallest absolute Gasteiger partial charge is 0.293 e. The Balaban J connectivity index is 1.53. The van der Waals surface area contributed by atoms with Crippen LogP contribution in [-0.4, -0.2) is 16.0 Å². The number of para-hydroxylation sites is 1. The fraction of sp³-hybridized carbons (Fsp3) is 0.154. The molecule has 3 aromatic carbocycles. The van der Waals surface area contributed by atoms with Crippen LogP contribution in [-0.2, 0) is 17.9 Å². The van der Waals surface area contributed by atoms with Gasteiger partial charge in [-0.05, 0) is 54.4 Å². The van der Waals surface area contributed by atoms with Crippen molar-refractivity contribution in [1.82, 2.24) is 4.90 Å². The zero-order valence-corrected chi connectivity index (χ0v) is 18.3. The molecule has 0 N–H and O–H groups in total. The van der Waals surface area contributed by atoms with E-state index in [9.17, 15) is 9.59 Å². The highest BCUT2D eigenvalue weighted by atomic mass is 32.2. The van der Waals surface area contributed by atoms with E-state index in [2.05, 4.69) is 6.07 Å². The van der Waals surface area contributed by atoms with Gasteiger partial charge in [-0.3, -0.25) is 14.5 Å². The van der Waals surface area contributed by atoms with Gasteiger partial charge in [-0.2, -0.15) is 0 Å². The first-order valence-corrected chi connectivity index (χ1v) is 10.9. The number of aryl methyl sites for hydroxylation is 2. The third-order valence-electron chi connectivity index (χ3n) is 5.15. The van der Waals surface area contributed by atoms with Gasteiger partial charge in [-0.1, -0.05) is 72.3 Å². The van der Waals surface area contributed by atoms with Crippen LogP contribution in [0.4, 0.5) is 4.79 Å². The number of imide groups is 1. The Morgan fingerprint density at radius 2 is 1.71 bits per heavy atom. The van der Waals surface area contributed by atoms with Gasteiger partial charge < -0.3 is 4.74 Å². The Kier molecular flexibility index (Phi) is 6.23. The molecule has 1 heterocycles. The van der Waals surface area contributed by atoms with Gasteiger partial charge in [-0.15, -0.1) is 0 Å². The van der Waals surface area contributed by atoms with Crippen LogP contribution >= 0.6 is 11.8 Å². The van der Waals surface area contributed by atoms with Crippen LogP contribution in [0.3, 0.4) is 0 Å². The SMILES string of the molecule is Cc1cccc(COc2ccccc2/C=C2\SC(=O)N(Cc3ccccc3C)C2=O)c1. The molecule has 0 bridgehead atoms. The summed E-state index contributed by atoms with van der Waals surface area (Å²) >= 11 is 0.970. The molecule has 4 rings (SSSR count). The van der Waals surface area contributed by atoms with Gasteiger partial charge >= 0.3 is 0 Å². The number of hydrogen-bond acceptors (Lipinski definition) is 4. The molecule has 1 aliphatic rings. The number of hydrogen-bond donors (Lipinski definition) is 0. The maximum atomic E-state index is 12.9. The molecule has 0 unspecified atom stereocenters. The molecule has 1 fully saturated rings. The van der Waals surface area contributed by atoms with Gasteiger partial charge in [0.2, 0.25) is 0 Å². The lowest BCUT2D eigenvalue weighted by molar-refractivity contribution is -0.123. The molecule has 0 saturated carbocycles. The van der Waals surface area contributed by atoms with Crippen LogP contribution in [0.5, 0.6) is 5.75 Å². The predicted molar refractivity (Wildman–Crippen MR) is 125 cm³/mol. The number of carbonyl (C=O) groups excluding carboxylic acids is 2. The van der Waals surface area contributed by atoms with E-state index in [1.165, 1.54) is 10.5 Å². The van der Waals surface area contributed by atoms with Gasteiger partial charge in [0.1, 0.15) is 12.4 Å². The number of thioether (sulfide) groups is 1. The highest BCUT2D eigenvalue weighted by Crippen LogP contribution is 2.35. The van der Waals surface area contributed by atoms with Crippen molar-refractivity contribution in [2.75, 3.05) is 0 Å². The van der Waals surface area contributed by atoms with Crippen LogP contribution < -0.4 is 4.74 Å². The molecule has 0 spiro atoms. The zero-order chi connectivity index (χ0) is 21.8. The third-order valence-corrected chi connectivity index (χ3v) is 6.05. The van der Waals surface area contributed by atoms with E-state index in [0.29, 0.717) is 17.3 Å². The lowest BCUT2D eigenvalue weighted by Crippen LogP contribution is -2.27. The summed E-state index contributed by atoms with van der Waals surface area (Å²) in [6, 6.07) is 23.5. The number of amides is 2. The first-order valence-electron chi connectivity index (χ1n) is 10.1. The van der Waals surface area contributed by atoms with Crippen LogP contribution in [0.25, 0.3) is 6.08 Å². The fourth-order valence-corrected chi connectivity index (χ4v) is 4.26. The molecular weight excluding hydrogens is 406 g/mol. The van der Waals surface area contributed by atoms with E-state index in [0.717, 1.165) is 34.0 Å². The summed E-state index contributed by atoms with van der Waals surface area (Å²) in [6.07, 6.45) is 1.74. The maximum Gasteiger partial charge on any atom is 0.293 e. The first kappa shape index (κ1) is 20.9. The molecule has 4 nitrogen and oxygen atoms in total. The van der Waals surface area contributed by atoms with Gasteiger partial charge in [0.15, 0.2) is 0 Å². The van der Waals surface area contributed by atoms with Gasteiger partial charge in [0, 0.05) is 5.56 Å². The Labute approximate surface area is 186 Å². The summed E-state index contributed by atoms with van der Waals surface area (Å²) < 4.78 is 6.03. The number of nitrogens with zero attached hydrogens (tertiary/aromatic N) is 1. The molecule has 31 heavy (non-hydrogen) atoms. The highest BCUT2D eigenvalue weighted by Gasteiger charge is 2.35. The molecule has 0 aliphatic carbocycles. The van der Waals surface area contributed by atoms with Crippen LogP contribution in [0, 0.1) is 13.8 Å². The van der Waals surface area contributed by atoms with Gasteiger partial charge in [0.05, 0.1) is 11.4 Å². The molecule has 1 aliphatic heterocycles. The first-order chi connectivity index (χ1) is 15.0. The quantitative estimate of drug-likeness (QED) is 0.443. The molecule has 5 heteroatoms. The average molecular weight is 430 g/mol. The maximum absolute atomic E-state index is 12.9. The minimum Gasteiger partial charge on any atom is -0.488 e. The van der Waals surface area contributed by atoms with E-state index >= 15 is 0 Å². The lowest BCUT2D eigenvalue weighted by Gasteiger charge is -2.14. The van der Waals surface area contributed by atoms with Crippen LogP contribution in [0.1, 0.15) is 27.8 Å². The minimum absolute atomic E-state index is 0.252. The molecule has 2 amide bonds. The molecule has 3 aromatic rings. The van der Waals surface area contributed by atoms with Crippen molar-refractivity contribution >= 4 is 29.0 Å². The molecular formula is C26H23NO3S. The van der Waals surface area contributed by atoms with Crippen LogP contribution in [0.15, 0.2) is 77.7 Å². The van der Waals surface area contributed by atoms with Gasteiger partial charge in [0.25, 0.3) is 11.1 Å². The Bertz CT molecular complexity index is 1170. The molecule has 0 atom stereocenters. The summed E-state index contributed by atoms with van der Waals surface area (Å²) in [6.45, 7) is 4.73. The number of rotatable bonds is 6. The third kappa shape index (κ3) is 4.89. The molecule has 0 aromatic heterocycles. The summed E-state index contributed by atoms with van der Waals surface area (Å²) in [4.78, 5) is 27.2. The summed E-state index contributed by atoms with van der Waals surface area (Å²) in [7, 11) is 0. The second-order valence-corrected chi connectivity index (χ2v) is 8.50. The van der Waals surface area contributed by atoms with Crippen molar-refractivity contribution in [3.05, 3.63) is 106 Å². The molecule has 0 radical (unpaired) electrons. The topological polar surface area (TPSA) is 46.6 Å². The minimum atomic E-state index is -0.272. The van der Waals surface area contributed by atoms with Crippen molar-refractivity contribution in [3.63, 3.8) is 0 Å². The van der Waals surface area contributed by atoms with Crippen molar-refractivity contribution in [1.29, 1.82) is 0 Å². The average Bonchev–Trinajstić information content (AvgIpc) is 3.02.